The molecule has 1 aliphatic rings. The molecular weight excluding hydrogens is 485 g/mol. The van der Waals surface area contributed by atoms with Crippen molar-refractivity contribution in [3.05, 3.63) is 35.9 Å². The number of nitrogens with zero attached hydrogens (tertiary/aromatic N) is 1. The van der Waals surface area contributed by atoms with Crippen LogP contribution in [0.15, 0.2) is 35.3 Å². The van der Waals surface area contributed by atoms with Gasteiger partial charge in [-0.15, -0.1) is 24.0 Å². The number of nitrogens with one attached hydrogen (secondary N) is 2. The van der Waals surface area contributed by atoms with Gasteiger partial charge in [0, 0.05) is 17.8 Å². The van der Waals surface area contributed by atoms with Gasteiger partial charge in [-0.25, -0.2) is 0 Å². The predicted molar refractivity (Wildman–Crippen MR) is 131 cm³/mol. The second-order valence-corrected chi connectivity index (χ2v) is 8.54. The summed E-state index contributed by atoms with van der Waals surface area (Å²) in [6.07, 6.45) is 4.37. The lowest BCUT2D eigenvalue weighted by Crippen LogP contribution is -2.46. The minimum atomic E-state index is -0.598. The number of thioether (sulfide) groups is 1. The minimum Gasteiger partial charge on any atom is -0.389 e. The van der Waals surface area contributed by atoms with Crippen LogP contribution < -0.4 is 10.6 Å². The maximum Gasteiger partial charge on any atom is 0.191 e. The number of hydrogen-bond acceptors (Lipinski definition) is 4. The Labute approximate surface area is 191 Å². The lowest BCUT2D eigenvalue weighted by atomic mass is 9.95. The van der Waals surface area contributed by atoms with Crippen LogP contribution in [0.25, 0.3) is 0 Å². The first-order valence-corrected chi connectivity index (χ1v) is 11.2. The van der Waals surface area contributed by atoms with E-state index in [9.17, 15) is 5.11 Å². The number of guanidine groups is 1. The predicted octanol–water partition coefficient (Wildman–Crippen LogP) is 3.80. The highest BCUT2D eigenvalue weighted by molar-refractivity contribution is 14.0. The third-order valence-corrected chi connectivity index (χ3v) is 5.83. The van der Waals surface area contributed by atoms with Crippen molar-refractivity contribution in [1.82, 2.24) is 10.6 Å². The van der Waals surface area contributed by atoms with Crippen molar-refractivity contribution in [3.8, 4) is 0 Å². The van der Waals surface area contributed by atoms with E-state index in [1.54, 1.807) is 0 Å². The zero-order chi connectivity index (χ0) is 19.3. The van der Waals surface area contributed by atoms with Gasteiger partial charge < -0.3 is 20.5 Å². The van der Waals surface area contributed by atoms with E-state index in [0.717, 1.165) is 23.3 Å². The molecule has 0 saturated heterocycles. The monoisotopic (exact) mass is 521 g/mol. The summed E-state index contributed by atoms with van der Waals surface area (Å²) < 4.78 is 5.60. The Kier molecular flexibility index (Phi) is 14.0. The van der Waals surface area contributed by atoms with Crippen LogP contribution in [0, 0.1) is 0 Å². The normalized spacial score (nSPS) is 20.9. The van der Waals surface area contributed by atoms with Gasteiger partial charge >= 0.3 is 0 Å². The largest absolute Gasteiger partial charge is 0.389 e. The van der Waals surface area contributed by atoms with E-state index in [1.807, 2.05) is 30.3 Å². The van der Waals surface area contributed by atoms with Gasteiger partial charge in [-0.3, -0.25) is 4.99 Å². The van der Waals surface area contributed by atoms with Crippen LogP contribution in [0.3, 0.4) is 0 Å². The molecule has 28 heavy (non-hydrogen) atoms. The van der Waals surface area contributed by atoms with Crippen molar-refractivity contribution in [1.29, 1.82) is 0 Å². The first-order valence-electron chi connectivity index (χ1n) is 10.2. The molecule has 1 aliphatic carbocycles. The summed E-state index contributed by atoms with van der Waals surface area (Å²) in [6, 6.07) is 10.5. The van der Waals surface area contributed by atoms with Gasteiger partial charge in [0.1, 0.15) is 0 Å². The number of hydrogen-bond donors (Lipinski definition) is 3. The van der Waals surface area contributed by atoms with E-state index in [0.29, 0.717) is 19.2 Å². The Hall–Kier alpha value is -0.510. The molecule has 0 heterocycles. The summed E-state index contributed by atoms with van der Waals surface area (Å²) in [7, 11) is 0. The van der Waals surface area contributed by atoms with E-state index in [2.05, 4.69) is 41.2 Å². The average Bonchev–Trinajstić information content (AvgIpc) is 2.68. The van der Waals surface area contributed by atoms with Gasteiger partial charge in [0.2, 0.25) is 0 Å². The zero-order valence-electron chi connectivity index (χ0n) is 17.1. The fraction of sp³-hybridized carbons (Fsp3) is 0.667. The summed E-state index contributed by atoms with van der Waals surface area (Å²) in [5.74, 6) is 1.98. The molecule has 3 unspecified atom stereocenters. The minimum absolute atomic E-state index is 0. The number of rotatable bonds is 10. The number of aliphatic hydroxyl groups excluding tert-OH is 1. The Balaban J connectivity index is 0.00000392. The number of aliphatic imine (C=N–C) groups is 1. The number of halogens is 1. The molecule has 1 aromatic carbocycles. The quantitative estimate of drug-likeness (QED) is 0.248. The first-order chi connectivity index (χ1) is 13.2. The Bertz CT molecular complexity index is 546. The SMILES string of the molecule is CCNC(=NCC(O)COCc1ccccc1)NC1CCCC(SCC)C1.I. The molecule has 0 aliphatic heterocycles. The fourth-order valence-electron chi connectivity index (χ4n) is 3.31. The highest BCUT2D eigenvalue weighted by Crippen LogP contribution is 2.28. The second kappa shape index (κ2) is 15.3. The third-order valence-electron chi connectivity index (χ3n) is 4.60. The van der Waals surface area contributed by atoms with Crippen LogP contribution in [-0.2, 0) is 11.3 Å². The maximum absolute atomic E-state index is 10.2. The van der Waals surface area contributed by atoms with E-state index in [1.165, 1.54) is 31.4 Å². The van der Waals surface area contributed by atoms with Gasteiger partial charge in [-0.1, -0.05) is 43.7 Å². The Morgan fingerprint density at radius 3 is 2.79 bits per heavy atom. The smallest absolute Gasteiger partial charge is 0.191 e. The van der Waals surface area contributed by atoms with Crippen molar-refractivity contribution < 1.29 is 9.84 Å². The Morgan fingerprint density at radius 1 is 1.29 bits per heavy atom. The number of ether oxygens (including phenoxy) is 1. The van der Waals surface area contributed by atoms with Crippen LogP contribution >= 0.6 is 35.7 Å². The van der Waals surface area contributed by atoms with Crippen LogP contribution in [0.2, 0.25) is 0 Å². The van der Waals surface area contributed by atoms with Crippen molar-refractivity contribution in [3.63, 3.8) is 0 Å². The van der Waals surface area contributed by atoms with E-state index in [-0.39, 0.29) is 30.6 Å². The van der Waals surface area contributed by atoms with Gasteiger partial charge in [0.25, 0.3) is 0 Å². The molecule has 3 N–H and O–H groups in total. The molecule has 7 heteroatoms. The third kappa shape index (κ3) is 10.3. The number of benzene rings is 1. The summed E-state index contributed by atoms with van der Waals surface area (Å²) >= 11 is 2.07. The van der Waals surface area contributed by atoms with Crippen LogP contribution in [0.4, 0.5) is 0 Å². The van der Waals surface area contributed by atoms with Crippen molar-refractivity contribution in [2.45, 2.75) is 63.5 Å². The molecule has 1 fully saturated rings. The van der Waals surface area contributed by atoms with Crippen molar-refractivity contribution in [2.24, 2.45) is 4.99 Å². The molecule has 0 bridgehead atoms. The molecule has 0 spiro atoms. The molecule has 160 valence electrons. The van der Waals surface area contributed by atoms with E-state index >= 15 is 0 Å². The van der Waals surface area contributed by atoms with Crippen LogP contribution in [0.5, 0.6) is 0 Å². The van der Waals surface area contributed by atoms with E-state index in [4.69, 9.17) is 4.74 Å². The summed E-state index contributed by atoms with van der Waals surface area (Å²) in [5, 5.41) is 17.8. The van der Waals surface area contributed by atoms with Gasteiger partial charge in [0.05, 0.1) is 25.9 Å². The van der Waals surface area contributed by atoms with Gasteiger partial charge in [-0.2, -0.15) is 11.8 Å². The number of aliphatic hydroxyl groups is 1. The second-order valence-electron chi connectivity index (χ2n) is 6.96. The van der Waals surface area contributed by atoms with Gasteiger partial charge in [0.15, 0.2) is 5.96 Å². The highest BCUT2D eigenvalue weighted by Gasteiger charge is 2.22. The standard InChI is InChI=1S/C21H35N3O2S.HI/c1-3-22-21(24-18-11-8-12-20(13-18)27-4-2)23-14-19(25)16-26-15-17-9-6-5-7-10-17;/h5-7,9-10,18-20,25H,3-4,8,11-16H2,1-2H3,(H2,22,23,24);1H. The molecule has 1 aromatic rings. The van der Waals surface area contributed by atoms with Crippen LogP contribution in [0.1, 0.15) is 45.1 Å². The molecule has 0 amide bonds. The lowest BCUT2D eigenvalue weighted by Gasteiger charge is -2.30. The molecular formula is C21H36IN3O2S. The van der Waals surface area contributed by atoms with Crippen LogP contribution in [-0.4, -0.2) is 53.9 Å². The maximum atomic E-state index is 10.2. The first kappa shape index (κ1) is 25.5. The topological polar surface area (TPSA) is 65.9 Å². The molecule has 0 radical (unpaired) electrons. The highest BCUT2D eigenvalue weighted by atomic mass is 127. The summed E-state index contributed by atoms with van der Waals surface area (Å²) in [6.45, 7) is 6.24. The molecule has 5 nitrogen and oxygen atoms in total. The molecule has 0 aromatic heterocycles. The fourth-order valence-corrected chi connectivity index (χ4v) is 4.49. The molecule has 3 atom stereocenters. The summed E-state index contributed by atoms with van der Waals surface area (Å²) in [5.41, 5.74) is 1.11. The van der Waals surface area contributed by atoms with Crippen molar-refractivity contribution >= 4 is 41.7 Å². The molecule has 2 rings (SSSR count). The Morgan fingerprint density at radius 2 is 2.07 bits per heavy atom. The average molecular weight is 522 g/mol. The van der Waals surface area contributed by atoms with Gasteiger partial charge in [-0.05, 0) is 37.5 Å². The zero-order valence-corrected chi connectivity index (χ0v) is 20.2. The summed E-state index contributed by atoms with van der Waals surface area (Å²) in [4.78, 5) is 4.56. The molecule has 1 saturated carbocycles. The van der Waals surface area contributed by atoms with Crippen molar-refractivity contribution in [2.75, 3.05) is 25.4 Å². The lowest BCUT2D eigenvalue weighted by molar-refractivity contribution is 0.0331. The van der Waals surface area contributed by atoms with E-state index < -0.39 is 6.10 Å².